The Kier molecular flexibility index (Phi) is 2.98. The number of halogens is 1. The van der Waals surface area contributed by atoms with Crippen LogP contribution in [-0.4, -0.2) is 23.7 Å². The molecule has 10 heavy (non-hydrogen) atoms. The van der Waals surface area contributed by atoms with E-state index in [1.807, 2.05) is 11.8 Å². The molecule has 3 heteroatoms. The lowest BCUT2D eigenvalue weighted by atomic mass is 9.95. The Labute approximate surface area is 65.6 Å². The van der Waals surface area contributed by atoms with Gasteiger partial charge in [0.2, 0.25) is 0 Å². The molecule has 1 aliphatic rings. The van der Waals surface area contributed by atoms with E-state index >= 15 is 0 Å². The van der Waals surface area contributed by atoms with Gasteiger partial charge in [-0.15, -0.1) is 0 Å². The number of hydrogen-bond donors (Lipinski definition) is 1. The monoisotopic (exact) mass is 163 g/mol. The van der Waals surface area contributed by atoms with E-state index in [4.69, 9.17) is 5.73 Å². The van der Waals surface area contributed by atoms with Crippen molar-refractivity contribution in [2.45, 2.75) is 24.9 Å². The van der Waals surface area contributed by atoms with E-state index in [9.17, 15) is 4.39 Å². The Morgan fingerprint density at radius 2 is 2.00 bits per heavy atom. The van der Waals surface area contributed by atoms with Crippen LogP contribution in [-0.2, 0) is 0 Å². The molecule has 0 unspecified atom stereocenters. The second-order valence-electron chi connectivity index (χ2n) is 2.80. The van der Waals surface area contributed by atoms with E-state index in [2.05, 4.69) is 0 Å². The van der Waals surface area contributed by atoms with Gasteiger partial charge in [0, 0.05) is 0 Å². The lowest BCUT2D eigenvalue weighted by Crippen LogP contribution is -2.30. The van der Waals surface area contributed by atoms with Crippen LogP contribution in [0, 0.1) is 0 Å². The van der Waals surface area contributed by atoms with E-state index in [-0.39, 0.29) is 0 Å². The summed E-state index contributed by atoms with van der Waals surface area (Å²) in [5.74, 6) is 1.94. The van der Waals surface area contributed by atoms with Crippen LogP contribution in [0.4, 0.5) is 4.39 Å². The first kappa shape index (κ1) is 8.34. The van der Waals surface area contributed by atoms with Crippen LogP contribution in [0.3, 0.4) is 0 Å². The maximum Gasteiger partial charge on any atom is 0.113 e. The first-order chi connectivity index (χ1) is 4.77. The largest absolute Gasteiger partial charge is 0.330 e. The molecule has 0 saturated carbocycles. The highest BCUT2D eigenvalue weighted by Crippen LogP contribution is 2.32. The van der Waals surface area contributed by atoms with Crippen molar-refractivity contribution in [1.29, 1.82) is 0 Å². The Hall–Kier alpha value is 0.240. The Balaban J connectivity index is 2.32. The third-order valence-corrected chi connectivity index (χ3v) is 2.97. The molecule has 1 saturated heterocycles. The van der Waals surface area contributed by atoms with E-state index in [1.54, 1.807) is 0 Å². The molecule has 1 fully saturated rings. The molecule has 0 aliphatic carbocycles. The number of alkyl halides is 1. The molecular formula is C7H14FNS. The summed E-state index contributed by atoms with van der Waals surface area (Å²) >= 11 is 1.84. The lowest BCUT2D eigenvalue weighted by molar-refractivity contribution is 0.141. The molecule has 0 aromatic carbocycles. The van der Waals surface area contributed by atoms with Gasteiger partial charge in [0.05, 0.1) is 0 Å². The molecule has 0 atom stereocenters. The first-order valence-corrected chi connectivity index (χ1v) is 4.89. The standard InChI is InChI=1S/C7H14FNS/c8-7(1-4-9)2-5-10-6-3-7/h1-6,9H2. The molecule has 0 bridgehead atoms. The van der Waals surface area contributed by atoms with Crippen LogP contribution >= 0.6 is 11.8 Å². The third-order valence-electron chi connectivity index (χ3n) is 1.98. The van der Waals surface area contributed by atoms with Crippen molar-refractivity contribution in [2.24, 2.45) is 5.73 Å². The van der Waals surface area contributed by atoms with Gasteiger partial charge in [0.15, 0.2) is 0 Å². The molecule has 0 aromatic heterocycles. The minimum Gasteiger partial charge on any atom is -0.330 e. The molecule has 0 aromatic rings. The zero-order chi connectivity index (χ0) is 7.45. The van der Waals surface area contributed by atoms with Crippen molar-refractivity contribution in [2.75, 3.05) is 18.1 Å². The first-order valence-electron chi connectivity index (χ1n) is 3.74. The fourth-order valence-corrected chi connectivity index (χ4v) is 2.47. The van der Waals surface area contributed by atoms with Gasteiger partial charge in [-0.2, -0.15) is 11.8 Å². The van der Waals surface area contributed by atoms with E-state index in [0.717, 1.165) is 11.5 Å². The number of hydrogen-bond acceptors (Lipinski definition) is 2. The zero-order valence-corrected chi connectivity index (χ0v) is 6.92. The van der Waals surface area contributed by atoms with Crippen molar-refractivity contribution in [3.63, 3.8) is 0 Å². The minimum atomic E-state index is -0.917. The Morgan fingerprint density at radius 3 is 2.50 bits per heavy atom. The second kappa shape index (κ2) is 3.58. The average molecular weight is 163 g/mol. The summed E-state index contributed by atoms with van der Waals surface area (Å²) < 4.78 is 13.5. The van der Waals surface area contributed by atoms with E-state index < -0.39 is 5.67 Å². The number of rotatable bonds is 2. The van der Waals surface area contributed by atoms with Crippen LogP contribution in [0.5, 0.6) is 0 Å². The average Bonchev–Trinajstić information content (AvgIpc) is 1.89. The summed E-state index contributed by atoms with van der Waals surface area (Å²) in [6, 6.07) is 0. The summed E-state index contributed by atoms with van der Waals surface area (Å²) in [5, 5.41) is 0. The summed E-state index contributed by atoms with van der Waals surface area (Å²) in [6.07, 6.45) is 1.96. The summed E-state index contributed by atoms with van der Waals surface area (Å²) in [6.45, 7) is 0.487. The van der Waals surface area contributed by atoms with Gasteiger partial charge in [-0.1, -0.05) is 0 Å². The van der Waals surface area contributed by atoms with E-state index in [0.29, 0.717) is 25.8 Å². The molecule has 1 heterocycles. The molecule has 0 amide bonds. The van der Waals surface area contributed by atoms with Crippen molar-refractivity contribution >= 4 is 11.8 Å². The van der Waals surface area contributed by atoms with Crippen LogP contribution in [0.1, 0.15) is 19.3 Å². The fourth-order valence-electron chi connectivity index (χ4n) is 1.25. The van der Waals surface area contributed by atoms with Gasteiger partial charge in [0.25, 0.3) is 0 Å². The van der Waals surface area contributed by atoms with Crippen molar-refractivity contribution in [1.82, 2.24) is 0 Å². The third kappa shape index (κ3) is 2.13. The Morgan fingerprint density at radius 1 is 1.40 bits per heavy atom. The number of nitrogens with two attached hydrogens (primary N) is 1. The van der Waals surface area contributed by atoms with Crippen molar-refractivity contribution < 1.29 is 4.39 Å². The predicted molar refractivity (Wildman–Crippen MR) is 44.1 cm³/mol. The molecular weight excluding hydrogens is 149 g/mol. The molecule has 1 nitrogen and oxygen atoms in total. The summed E-state index contributed by atoms with van der Waals surface area (Å²) in [7, 11) is 0. The second-order valence-corrected chi connectivity index (χ2v) is 4.03. The fraction of sp³-hybridized carbons (Fsp3) is 1.00. The normalized spacial score (nSPS) is 24.6. The smallest absolute Gasteiger partial charge is 0.113 e. The van der Waals surface area contributed by atoms with Gasteiger partial charge in [-0.25, -0.2) is 4.39 Å². The van der Waals surface area contributed by atoms with Crippen LogP contribution < -0.4 is 5.73 Å². The summed E-state index contributed by atoms with van der Waals surface area (Å²) in [5.41, 5.74) is 4.38. The van der Waals surface area contributed by atoms with Crippen molar-refractivity contribution in [3.8, 4) is 0 Å². The van der Waals surface area contributed by atoms with Gasteiger partial charge >= 0.3 is 0 Å². The maximum atomic E-state index is 13.5. The minimum absolute atomic E-state index is 0.487. The quantitative estimate of drug-likeness (QED) is 0.668. The highest BCUT2D eigenvalue weighted by atomic mass is 32.2. The topological polar surface area (TPSA) is 26.0 Å². The molecule has 2 N–H and O–H groups in total. The van der Waals surface area contributed by atoms with Crippen LogP contribution in [0.25, 0.3) is 0 Å². The highest BCUT2D eigenvalue weighted by molar-refractivity contribution is 7.99. The van der Waals surface area contributed by atoms with Crippen molar-refractivity contribution in [3.05, 3.63) is 0 Å². The summed E-state index contributed by atoms with van der Waals surface area (Å²) in [4.78, 5) is 0. The highest BCUT2D eigenvalue weighted by Gasteiger charge is 2.30. The molecule has 60 valence electrons. The molecule has 1 rings (SSSR count). The number of thioether (sulfide) groups is 1. The van der Waals surface area contributed by atoms with Crippen LogP contribution in [0.15, 0.2) is 0 Å². The SMILES string of the molecule is NCCC1(F)CCSCC1. The lowest BCUT2D eigenvalue weighted by Gasteiger charge is -2.28. The van der Waals surface area contributed by atoms with Crippen LogP contribution in [0.2, 0.25) is 0 Å². The predicted octanol–water partition coefficient (Wildman–Crippen LogP) is 1.57. The van der Waals surface area contributed by atoms with Gasteiger partial charge in [-0.3, -0.25) is 0 Å². The van der Waals surface area contributed by atoms with E-state index in [1.165, 1.54) is 0 Å². The zero-order valence-electron chi connectivity index (χ0n) is 6.11. The van der Waals surface area contributed by atoms with Gasteiger partial charge < -0.3 is 5.73 Å². The van der Waals surface area contributed by atoms with Gasteiger partial charge in [-0.05, 0) is 37.3 Å². The van der Waals surface area contributed by atoms with Gasteiger partial charge in [0.1, 0.15) is 5.67 Å². The molecule has 0 spiro atoms. The molecule has 0 radical (unpaired) electrons. The maximum absolute atomic E-state index is 13.5. The molecule has 1 aliphatic heterocycles. The Bertz CT molecular complexity index is 96.3.